The van der Waals surface area contributed by atoms with Gasteiger partial charge in [0.1, 0.15) is 0 Å². The maximum atomic E-state index is 11.7. The molecule has 1 atom stereocenters. The van der Waals surface area contributed by atoms with Crippen LogP contribution in [0.3, 0.4) is 0 Å². The molecule has 1 aromatic heterocycles. The second-order valence-corrected chi connectivity index (χ2v) is 4.03. The van der Waals surface area contributed by atoms with Crippen molar-refractivity contribution < 1.29 is 9.21 Å². The Hall–Kier alpha value is -1.25. The second kappa shape index (κ2) is 3.48. The zero-order valence-electron chi connectivity index (χ0n) is 8.54. The molecule has 0 radical (unpaired) electrons. The van der Waals surface area contributed by atoms with Gasteiger partial charge in [0.2, 0.25) is 0 Å². The van der Waals surface area contributed by atoms with E-state index >= 15 is 0 Å². The van der Waals surface area contributed by atoms with Gasteiger partial charge in [-0.05, 0) is 38.7 Å². The highest BCUT2D eigenvalue weighted by atomic mass is 16.3. The van der Waals surface area contributed by atoms with Crippen molar-refractivity contribution in [2.75, 3.05) is 0 Å². The Bertz CT molecular complexity index is 339. The van der Waals surface area contributed by atoms with Crippen LogP contribution in [0.15, 0.2) is 16.7 Å². The van der Waals surface area contributed by atoms with Crippen molar-refractivity contribution in [3.63, 3.8) is 0 Å². The molecule has 1 unspecified atom stereocenters. The third kappa shape index (κ3) is 1.81. The van der Waals surface area contributed by atoms with Crippen LogP contribution in [0.2, 0.25) is 0 Å². The van der Waals surface area contributed by atoms with Gasteiger partial charge in [-0.1, -0.05) is 0 Å². The number of hydrogen-bond donors (Lipinski definition) is 1. The first kappa shape index (κ1) is 9.31. The molecule has 1 amide bonds. The molecule has 1 aliphatic rings. The molecule has 0 aromatic carbocycles. The van der Waals surface area contributed by atoms with Gasteiger partial charge in [-0.3, -0.25) is 4.79 Å². The molecule has 0 saturated heterocycles. The number of carbonyl (C=O) groups excluding carboxylic acids is 1. The molecule has 1 aromatic rings. The van der Waals surface area contributed by atoms with Crippen molar-refractivity contribution in [2.24, 2.45) is 5.92 Å². The van der Waals surface area contributed by atoms with E-state index in [1.807, 2.05) is 13.8 Å². The van der Waals surface area contributed by atoms with E-state index in [0.29, 0.717) is 11.7 Å². The summed E-state index contributed by atoms with van der Waals surface area (Å²) in [5.74, 6) is 1.03. The number of rotatable bonds is 3. The molecule has 3 nitrogen and oxygen atoms in total. The summed E-state index contributed by atoms with van der Waals surface area (Å²) >= 11 is 0. The lowest BCUT2D eigenvalue weighted by molar-refractivity contribution is 0.0907. The quantitative estimate of drug-likeness (QED) is 0.798. The molecule has 1 fully saturated rings. The van der Waals surface area contributed by atoms with Crippen molar-refractivity contribution in [1.82, 2.24) is 5.32 Å². The fourth-order valence-corrected chi connectivity index (χ4v) is 1.59. The lowest BCUT2D eigenvalue weighted by Crippen LogP contribution is -2.34. The SMILES string of the molecule is Cc1ccoc1C(=O)NC(C)C1CC1. The van der Waals surface area contributed by atoms with E-state index in [4.69, 9.17) is 4.42 Å². The first-order chi connectivity index (χ1) is 6.68. The fraction of sp³-hybridized carbons (Fsp3) is 0.545. The van der Waals surface area contributed by atoms with E-state index in [2.05, 4.69) is 5.32 Å². The molecular weight excluding hydrogens is 178 g/mol. The summed E-state index contributed by atoms with van der Waals surface area (Å²) in [6.45, 7) is 3.92. The van der Waals surface area contributed by atoms with Crippen LogP contribution in [-0.2, 0) is 0 Å². The van der Waals surface area contributed by atoms with E-state index in [1.54, 1.807) is 12.3 Å². The largest absolute Gasteiger partial charge is 0.459 e. The molecule has 76 valence electrons. The summed E-state index contributed by atoms with van der Waals surface area (Å²) in [4.78, 5) is 11.7. The molecule has 1 aliphatic carbocycles. The topological polar surface area (TPSA) is 42.2 Å². The third-order valence-electron chi connectivity index (χ3n) is 2.76. The summed E-state index contributed by atoms with van der Waals surface area (Å²) in [6.07, 6.45) is 4.02. The predicted octanol–water partition coefficient (Wildman–Crippen LogP) is 2.12. The summed E-state index contributed by atoms with van der Waals surface area (Å²) < 4.78 is 5.12. The zero-order valence-corrected chi connectivity index (χ0v) is 8.54. The average molecular weight is 193 g/mol. The summed E-state index contributed by atoms with van der Waals surface area (Å²) in [7, 11) is 0. The Balaban J connectivity index is 1.98. The molecule has 1 heterocycles. The summed E-state index contributed by atoms with van der Waals surface area (Å²) in [6, 6.07) is 2.07. The Morgan fingerprint density at radius 2 is 2.36 bits per heavy atom. The van der Waals surface area contributed by atoms with Gasteiger partial charge in [-0.2, -0.15) is 0 Å². The van der Waals surface area contributed by atoms with Crippen LogP contribution in [-0.4, -0.2) is 11.9 Å². The minimum absolute atomic E-state index is 0.0908. The molecule has 14 heavy (non-hydrogen) atoms. The normalized spacial score (nSPS) is 17.9. The highest BCUT2D eigenvalue weighted by molar-refractivity contribution is 5.92. The van der Waals surface area contributed by atoms with Gasteiger partial charge in [0.05, 0.1) is 6.26 Å². The summed E-state index contributed by atoms with van der Waals surface area (Å²) in [5.41, 5.74) is 0.894. The molecule has 0 bridgehead atoms. The van der Waals surface area contributed by atoms with Crippen molar-refractivity contribution in [2.45, 2.75) is 32.7 Å². The van der Waals surface area contributed by atoms with Gasteiger partial charge in [-0.15, -0.1) is 0 Å². The molecule has 0 spiro atoms. The Labute approximate surface area is 83.5 Å². The van der Waals surface area contributed by atoms with Gasteiger partial charge in [0.25, 0.3) is 5.91 Å². The second-order valence-electron chi connectivity index (χ2n) is 4.03. The zero-order chi connectivity index (χ0) is 10.1. The highest BCUT2D eigenvalue weighted by Crippen LogP contribution is 2.32. The van der Waals surface area contributed by atoms with Crippen molar-refractivity contribution >= 4 is 5.91 Å². The van der Waals surface area contributed by atoms with Crippen LogP contribution in [0, 0.1) is 12.8 Å². The van der Waals surface area contributed by atoms with Crippen LogP contribution >= 0.6 is 0 Å². The first-order valence-electron chi connectivity index (χ1n) is 5.03. The van der Waals surface area contributed by atoms with Crippen molar-refractivity contribution in [3.8, 4) is 0 Å². The minimum Gasteiger partial charge on any atom is -0.459 e. The number of aryl methyl sites for hydroxylation is 1. The number of carbonyl (C=O) groups is 1. The van der Waals surface area contributed by atoms with Crippen LogP contribution in [0.4, 0.5) is 0 Å². The molecule has 3 heteroatoms. The number of amides is 1. The van der Waals surface area contributed by atoms with Gasteiger partial charge in [0, 0.05) is 11.6 Å². The Morgan fingerprint density at radius 3 is 2.86 bits per heavy atom. The van der Waals surface area contributed by atoms with E-state index in [9.17, 15) is 4.79 Å². The first-order valence-corrected chi connectivity index (χ1v) is 5.03. The molecule has 1 saturated carbocycles. The Morgan fingerprint density at radius 1 is 1.64 bits per heavy atom. The molecule has 2 rings (SSSR count). The van der Waals surface area contributed by atoms with Gasteiger partial charge in [-0.25, -0.2) is 0 Å². The molecule has 1 N–H and O–H groups in total. The van der Waals surface area contributed by atoms with Gasteiger partial charge < -0.3 is 9.73 Å². The maximum Gasteiger partial charge on any atom is 0.287 e. The lowest BCUT2D eigenvalue weighted by atomic mass is 10.2. The average Bonchev–Trinajstić information content (AvgIpc) is 2.89. The van der Waals surface area contributed by atoms with E-state index in [-0.39, 0.29) is 11.9 Å². The minimum atomic E-state index is -0.0908. The number of hydrogen-bond acceptors (Lipinski definition) is 2. The smallest absolute Gasteiger partial charge is 0.287 e. The monoisotopic (exact) mass is 193 g/mol. The molecular formula is C11H15NO2. The lowest BCUT2D eigenvalue weighted by Gasteiger charge is -2.11. The summed E-state index contributed by atoms with van der Waals surface area (Å²) in [5, 5.41) is 2.95. The van der Waals surface area contributed by atoms with Crippen molar-refractivity contribution in [1.29, 1.82) is 0 Å². The highest BCUT2D eigenvalue weighted by Gasteiger charge is 2.29. The predicted molar refractivity (Wildman–Crippen MR) is 53.1 cm³/mol. The van der Waals surface area contributed by atoms with E-state index in [0.717, 1.165) is 5.56 Å². The van der Waals surface area contributed by atoms with Gasteiger partial charge in [0.15, 0.2) is 5.76 Å². The van der Waals surface area contributed by atoms with Crippen molar-refractivity contribution in [3.05, 3.63) is 23.7 Å². The van der Waals surface area contributed by atoms with Crippen LogP contribution in [0.5, 0.6) is 0 Å². The van der Waals surface area contributed by atoms with Gasteiger partial charge >= 0.3 is 0 Å². The van der Waals surface area contributed by atoms with E-state index in [1.165, 1.54) is 12.8 Å². The maximum absolute atomic E-state index is 11.7. The standard InChI is InChI=1S/C11H15NO2/c1-7-5-6-14-10(7)11(13)12-8(2)9-3-4-9/h5-6,8-9H,3-4H2,1-2H3,(H,12,13). The van der Waals surface area contributed by atoms with Crippen LogP contribution < -0.4 is 5.32 Å². The number of furan rings is 1. The molecule has 0 aliphatic heterocycles. The number of nitrogens with one attached hydrogen (secondary N) is 1. The van der Waals surface area contributed by atoms with Crippen LogP contribution in [0.1, 0.15) is 35.9 Å². The third-order valence-corrected chi connectivity index (χ3v) is 2.76. The van der Waals surface area contributed by atoms with Crippen LogP contribution in [0.25, 0.3) is 0 Å². The Kier molecular flexibility index (Phi) is 2.32. The fourth-order valence-electron chi connectivity index (χ4n) is 1.59. The van der Waals surface area contributed by atoms with E-state index < -0.39 is 0 Å².